The van der Waals surface area contributed by atoms with Crippen LogP contribution in [0.1, 0.15) is 44.5 Å². The molecular formula is C17H25BCl2N2O3. The Morgan fingerprint density at radius 1 is 1.28 bits per heavy atom. The second kappa shape index (κ2) is 7.45. The van der Waals surface area contributed by atoms with Crippen LogP contribution in [-0.2, 0) is 9.31 Å². The Morgan fingerprint density at radius 3 is 2.44 bits per heavy atom. The van der Waals surface area contributed by atoms with Gasteiger partial charge in [-0.05, 0) is 58.3 Å². The summed E-state index contributed by atoms with van der Waals surface area (Å²) in [6.45, 7) is 9.76. The molecule has 2 aliphatic heterocycles. The summed E-state index contributed by atoms with van der Waals surface area (Å²) in [5.74, 6) is -0.144. The molecule has 0 unspecified atom stereocenters. The van der Waals surface area contributed by atoms with E-state index in [9.17, 15) is 4.79 Å². The van der Waals surface area contributed by atoms with Crippen molar-refractivity contribution in [3.63, 3.8) is 0 Å². The van der Waals surface area contributed by atoms with Crippen LogP contribution in [0.5, 0.6) is 0 Å². The van der Waals surface area contributed by atoms with E-state index in [2.05, 4.69) is 10.6 Å². The second-order valence-electron chi connectivity index (χ2n) is 7.49. The first kappa shape index (κ1) is 20.5. The lowest BCUT2D eigenvalue weighted by molar-refractivity contribution is 0.00578. The number of hydrogen-bond donors (Lipinski definition) is 2. The van der Waals surface area contributed by atoms with Crippen molar-refractivity contribution in [2.24, 2.45) is 0 Å². The third-order valence-corrected chi connectivity index (χ3v) is 5.47. The number of carbonyl (C=O) groups excluding carboxylic acids is 1. The minimum absolute atomic E-state index is 0. The number of amides is 1. The summed E-state index contributed by atoms with van der Waals surface area (Å²) in [4.78, 5) is 12.4. The normalized spacial score (nSPS) is 24.0. The van der Waals surface area contributed by atoms with Gasteiger partial charge in [0.05, 0.1) is 21.8 Å². The fourth-order valence-corrected chi connectivity index (χ4v) is 3.16. The molecule has 5 nitrogen and oxygen atoms in total. The first-order valence-electron chi connectivity index (χ1n) is 8.36. The third-order valence-electron chi connectivity index (χ3n) is 5.16. The summed E-state index contributed by atoms with van der Waals surface area (Å²) in [7, 11) is -0.483. The molecule has 0 aromatic heterocycles. The lowest BCUT2D eigenvalue weighted by Gasteiger charge is -2.32. The molecule has 1 atom stereocenters. The number of halogens is 2. The molecule has 2 fully saturated rings. The topological polar surface area (TPSA) is 59.6 Å². The average molecular weight is 387 g/mol. The molecule has 2 saturated heterocycles. The van der Waals surface area contributed by atoms with Gasteiger partial charge in [-0.2, -0.15) is 0 Å². The zero-order valence-corrected chi connectivity index (χ0v) is 16.6. The van der Waals surface area contributed by atoms with E-state index in [4.69, 9.17) is 20.9 Å². The van der Waals surface area contributed by atoms with Crippen molar-refractivity contribution in [2.75, 3.05) is 13.1 Å². The molecule has 1 amide bonds. The molecule has 2 N–H and O–H groups in total. The fraction of sp³-hybridized carbons (Fsp3) is 0.588. The van der Waals surface area contributed by atoms with Gasteiger partial charge in [-0.25, -0.2) is 0 Å². The molecule has 8 heteroatoms. The first-order chi connectivity index (χ1) is 11.2. The maximum Gasteiger partial charge on any atom is 0.494 e. The Labute approximate surface area is 160 Å². The molecule has 3 rings (SSSR count). The van der Waals surface area contributed by atoms with Crippen molar-refractivity contribution in [3.05, 3.63) is 28.8 Å². The number of carbonyl (C=O) groups is 1. The molecule has 0 aliphatic carbocycles. The van der Waals surface area contributed by atoms with Gasteiger partial charge in [-0.15, -0.1) is 12.4 Å². The summed E-state index contributed by atoms with van der Waals surface area (Å²) in [6.07, 6.45) is 0.940. The van der Waals surface area contributed by atoms with E-state index in [1.807, 2.05) is 33.8 Å². The lowest BCUT2D eigenvalue weighted by atomic mass is 9.79. The average Bonchev–Trinajstić information content (AvgIpc) is 3.05. The minimum Gasteiger partial charge on any atom is -0.399 e. The zero-order chi connectivity index (χ0) is 17.5. The van der Waals surface area contributed by atoms with Crippen LogP contribution in [0.3, 0.4) is 0 Å². The van der Waals surface area contributed by atoms with Crippen LogP contribution in [-0.4, -0.2) is 43.4 Å². The SMILES string of the molecule is CC1(C)OB(c2ccc(C(=O)N[C@@H]3CCNC3)c(Cl)c2)OC1(C)C.Cl. The number of nitrogens with one attached hydrogen (secondary N) is 2. The van der Waals surface area contributed by atoms with Crippen molar-refractivity contribution < 1.29 is 14.1 Å². The summed E-state index contributed by atoms with van der Waals surface area (Å²) in [5, 5.41) is 6.64. The van der Waals surface area contributed by atoms with E-state index < -0.39 is 18.3 Å². The highest BCUT2D eigenvalue weighted by Crippen LogP contribution is 2.36. The van der Waals surface area contributed by atoms with Crippen LogP contribution in [0, 0.1) is 0 Å². The van der Waals surface area contributed by atoms with E-state index in [1.54, 1.807) is 12.1 Å². The summed E-state index contributed by atoms with van der Waals surface area (Å²) >= 11 is 6.34. The van der Waals surface area contributed by atoms with Crippen molar-refractivity contribution in [3.8, 4) is 0 Å². The molecule has 2 heterocycles. The highest BCUT2D eigenvalue weighted by Gasteiger charge is 2.51. The van der Waals surface area contributed by atoms with E-state index in [-0.39, 0.29) is 24.4 Å². The van der Waals surface area contributed by atoms with Crippen LogP contribution >= 0.6 is 24.0 Å². The predicted molar refractivity (Wildman–Crippen MR) is 103 cm³/mol. The van der Waals surface area contributed by atoms with Gasteiger partial charge < -0.3 is 19.9 Å². The highest BCUT2D eigenvalue weighted by molar-refractivity contribution is 6.62. The monoisotopic (exact) mass is 386 g/mol. The fourth-order valence-electron chi connectivity index (χ4n) is 2.88. The molecule has 138 valence electrons. The van der Waals surface area contributed by atoms with Gasteiger partial charge in [-0.3, -0.25) is 4.79 Å². The van der Waals surface area contributed by atoms with Crippen LogP contribution in [0.25, 0.3) is 0 Å². The van der Waals surface area contributed by atoms with Crippen molar-refractivity contribution in [1.82, 2.24) is 10.6 Å². The van der Waals surface area contributed by atoms with Crippen LogP contribution in [0.2, 0.25) is 5.02 Å². The zero-order valence-electron chi connectivity index (χ0n) is 15.0. The van der Waals surface area contributed by atoms with Crippen molar-refractivity contribution in [2.45, 2.75) is 51.4 Å². The summed E-state index contributed by atoms with van der Waals surface area (Å²) in [6, 6.07) is 5.50. The maximum atomic E-state index is 12.4. The second-order valence-corrected chi connectivity index (χ2v) is 7.90. The Hall–Kier alpha value is -0.785. The van der Waals surface area contributed by atoms with Gasteiger partial charge in [0.2, 0.25) is 0 Å². The van der Waals surface area contributed by atoms with E-state index in [1.165, 1.54) is 0 Å². The van der Waals surface area contributed by atoms with Gasteiger partial charge in [0.1, 0.15) is 0 Å². The van der Waals surface area contributed by atoms with E-state index >= 15 is 0 Å². The highest BCUT2D eigenvalue weighted by atomic mass is 35.5. The van der Waals surface area contributed by atoms with Crippen molar-refractivity contribution >= 4 is 42.5 Å². The molecule has 2 aliphatic rings. The van der Waals surface area contributed by atoms with Gasteiger partial charge >= 0.3 is 7.12 Å². The molecule has 0 spiro atoms. The molecule has 25 heavy (non-hydrogen) atoms. The summed E-state index contributed by atoms with van der Waals surface area (Å²) in [5.41, 5.74) is 0.479. The van der Waals surface area contributed by atoms with Gasteiger partial charge in [-0.1, -0.05) is 17.7 Å². The minimum atomic E-state index is -0.483. The Balaban J connectivity index is 0.00000225. The quantitative estimate of drug-likeness (QED) is 0.781. The molecule has 1 aromatic carbocycles. The number of benzene rings is 1. The molecule has 0 bridgehead atoms. The van der Waals surface area contributed by atoms with E-state index in [0.717, 1.165) is 25.0 Å². The van der Waals surface area contributed by atoms with E-state index in [0.29, 0.717) is 10.6 Å². The molecule has 0 saturated carbocycles. The third kappa shape index (κ3) is 4.14. The largest absolute Gasteiger partial charge is 0.494 e. The van der Waals surface area contributed by atoms with Gasteiger partial charge in [0, 0.05) is 12.6 Å². The number of rotatable bonds is 3. The molecule has 1 aromatic rings. The van der Waals surface area contributed by atoms with Crippen molar-refractivity contribution in [1.29, 1.82) is 0 Å². The molecule has 0 radical (unpaired) electrons. The summed E-state index contributed by atoms with van der Waals surface area (Å²) < 4.78 is 12.0. The predicted octanol–water partition coefficient (Wildman–Crippen LogP) is 2.15. The number of hydrogen-bond acceptors (Lipinski definition) is 4. The van der Waals surface area contributed by atoms with Gasteiger partial charge in [0.25, 0.3) is 5.91 Å². The first-order valence-corrected chi connectivity index (χ1v) is 8.74. The smallest absolute Gasteiger partial charge is 0.399 e. The van der Waals surface area contributed by atoms with Crippen LogP contribution in [0.4, 0.5) is 0 Å². The Kier molecular flexibility index (Phi) is 6.12. The van der Waals surface area contributed by atoms with Crippen LogP contribution < -0.4 is 16.1 Å². The standard InChI is InChI=1S/C17H24BClN2O3.ClH/c1-16(2)17(3,4)24-18(23-16)11-5-6-13(14(19)9-11)15(22)21-12-7-8-20-10-12;/h5-6,9,12,20H,7-8,10H2,1-4H3,(H,21,22);1H/t12-;/m1./s1. The molecular weight excluding hydrogens is 362 g/mol. The Morgan fingerprint density at radius 2 is 1.92 bits per heavy atom. The Bertz CT molecular complexity index is 633. The van der Waals surface area contributed by atoms with Gasteiger partial charge in [0.15, 0.2) is 0 Å². The maximum absolute atomic E-state index is 12.4. The van der Waals surface area contributed by atoms with Crippen LogP contribution in [0.15, 0.2) is 18.2 Å². The lowest BCUT2D eigenvalue weighted by Crippen LogP contribution is -2.41.